The summed E-state index contributed by atoms with van der Waals surface area (Å²) < 4.78 is 10.9. The number of benzene rings is 2. The highest BCUT2D eigenvalue weighted by Gasteiger charge is 2.12. The number of rotatable bonds is 4. The van der Waals surface area contributed by atoms with E-state index in [9.17, 15) is 4.79 Å². The molecule has 0 unspecified atom stereocenters. The molecule has 1 aliphatic rings. The molecule has 0 radical (unpaired) electrons. The van der Waals surface area contributed by atoms with Gasteiger partial charge in [0.1, 0.15) is 13.2 Å². The zero-order valence-corrected chi connectivity index (χ0v) is 12.5. The maximum atomic E-state index is 12.0. The minimum absolute atomic E-state index is 0.148. The summed E-state index contributed by atoms with van der Waals surface area (Å²) in [5, 5.41) is 6.44. The Kier molecular flexibility index (Phi) is 4.34. The van der Waals surface area contributed by atoms with Crippen molar-refractivity contribution in [3.63, 3.8) is 0 Å². The quantitative estimate of drug-likeness (QED) is 0.909. The predicted octanol–water partition coefficient (Wildman–Crippen LogP) is 3.16. The third-order valence-electron chi connectivity index (χ3n) is 3.10. The standard InChI is InChI=1S/C16H15ClN2O3/c17-11-2-1-3-12(8-11)18-10-16(20)19-13-4-5-14-15(9-13)22-7-6-21-14/h1-5,8-9,18H,6-7,10H2,(H,19,20). The molecule has 0 bridgehead atoms. The number of carbonyl (C=O) groups excluding carboxylic acids is 1. The molecular weight excluding hydrogens is 304 g/mol. The van der Waals surface area contributed by atoms with Crippen LogP contribution >= 0.6 is 11.6 Å². The number of halogens is 1. The van der Waals surface area contributed by atoms with Crippen molar-refractivity contribution in [1.29, 1.82) is 0 Å². The highest BCUT2D eigenvalue weighted by molar-refractivity contribution is 6.30. The minimum atomic E-state index is -0.156. The van der Waals surface area contributed by atoms with Gasteiger partial charge in [0, 0.05) is 22.5 Å². The van der Waals surface area contributed by atoms with E-state index in [1.54, 1.807) is 30.3 Å². The molecule has 2 N–H and O–H groups in total. The van der Waals surface area contributed by atoms with Gasteiger partial charge < -0.3 is 20.1 Å². The summed E-state index contributed by atoms with van der Waals surface area (Å²) in [7, 11) is 0. The molecule has 2 aromatic rings. The second-order valence-electron chi connectivity index (χ2n) is 4.77. The molecule has 114 valence electrons. The zero-order valence-electron chi connectivity index (χ0n) is 11.8. The van der Waals surface area contributed by atoms with E-state index in [0.29, 0.717) is 35.4 Å². The van der Waals surface area contributed by atoms with Crippen LogP contribution in [0.2, 0.25) is 5.02 Å². The van der Waals surface area contributed by atoms with E-state index in [-0.39, 0.29) is 12.5 Å². The molecule has 0 spiro atoms. The first kappa shape index (κ1) is 14.5. The summed E-state index contributed by atoms with van der Waals surface area (Å²) in [6, 6.07) is 12.5. The van der Waals surface area contributed by atoms with Crippen LogP contribution in [-0.4, -0.2) is 25.7 Å². The lowest BCUT2D eigenvalue weighted by Crippen LogP contribution is -2.22. The lowest BCUT2D eigenvalue weighted by molar-refractivity contribution is -0.114. The first-order valence-corrected chi connectivity index (χ1v) is 7.27. The van der Waals surface area contributed by atoms with E-state index in [2.05, 4.69) is 10.6 Å². The third kappa shape index (κ3) is 3.62. The Morgan fingerprint density at radius 3 is 2.68 bits per heavy atom. The second kappa shape index (κ2) is 6.58. The Labute approximate surface area is 133 Å². The molecule has 22 heavy (non-hydrogen) atoms. The molecule has 3 rings (SSSR count). The van der Waals surface area contributed by atoms with Gasteiger partial charge in [0.25, 0.3) is 0 Å². The fourth-order valence-corrected chi connectivity index (χ4v) is 2.30. The smallest absolute Gasteiger partial charge is 0.243 e. The highest BCUT2D eigenvalue weighted by atomic mass is 35.5. The molecule has 0 saturated carbocycles. The maximum Gasteiger partial charge on any atom is 0.243 e. The molecule has 0 atom stereocenters. The van der Waals surface area contributed by atoms with E-state index in [1.807, 2.05) is 12.1 Å². The first-order chi connectivity index (χ1) is 10.7. The van der Waals surface area contributed by atoms with Gasteiger partial charge in [-0.15, -0.1) is 0 Å². The van der Waals surface area contributed by atoms with Crippen molar-refractivity contribution in [3.05, 3.63) is 47.5 Å². The van der Waals surface area contributed by atoms with Crippen molar-refractivity contribution in [2.24, 2.45) is 0 Å². The SMILES string of the molecule is O=C(CNc1cccc(Cl)c1)Nc1ccc2c(c1)OCCO2. The summed E-state index contributed by atoms with van der Waals surface area (Å²) in [4.78, 5) is 12.0. The van der Waals surface area contributed by atoms with Crippen LogP contribution in [0.4, 0.5) is 11.4 Å². The average Bonchev–Trinajstić information content (AvgIpc) is 2.53. The fraction of sp³-hybridized carbons (Fsp3) is 0.188. The molecule has 1 amide bonds. The van der Waals surface area contributed by atoms with Crippen molar-refractivity contribution in [2.45, 2.75) is 0 Å². The summed E-state index contributed by atoms with van der Waals surface area (Å²) in [5.74, 6) is 1.19. The van der Waals surface area contributed by atoms with Gasteiger partial charge >= 0.3 is 0 Å². The predicted molar refractivity (Wildman–Crippen MR) is 86.0 cm³/mol. The third-order valence-corrected chi connectivity index (χ3v) is 3.34. The largest absolute Gasteiger partial charge is 0.486 e. The van der Waals surface area contributed by atoms with Crippen LogP contribution in [0.25, 0.3) is 0 Å². The van der Waals surface area contributed by atoms with Gasteiger partial charge in [-0.2, -0.15) is 0 Å². The molecule has 6 heteroatoms. The number of carbonyl (C=O) groups is 1. The molecule has 0 aliphatic carbocycles. The molecule has 2 aromatic carbocycles. The highest BCUT2D eigenvalue weighted by Crippen LogP contribution is 2.32. The van der Waals surface area contributed by atoms with Gasteiger partial charge in [0.05, 0.1) is 6.54 Å². The van der Waals surface area contributed by atoms with E-state index in [1.165, 1.54) is 0 Å². The molecule has 5 nitrogen and oxygen atoms in total. The van der Waals surface area contributed by atoms with Gasteiger partial charge in [-0.05, 0) is 30.3 Å². The number of ether oxygens (including phenoxy) is 2. The average molecular weight is 319 g/mol. The van der Waals surface area contributed by atoms with Gasteiger partial charge in [0.15, 0.2) is 11.5 Å². The van der Waals surface area contributed by atoms with Crippen LogP contribution in [0.15, 0.2) is 42.5 Å². The molecule has 1 aliphatic heterocycles. The van der Waals surface area contributed by atoms with Gasteiger partial charge in [-0.25, -0.2) is 0 Å². The van der Waals surface area contributed by atoms with Crippen molar-refractivity contribution in [2.75, 3.05) is 30.4 Å². The molecular formula is C16H15ClN2O3. The summed E-state index contributed by atoms with van der Waals surface area (Å²) in [6.07, 6.45) is 0. The maximum absolute atomic E-state index is 12.0. The number of anilines is 2. The lowest BCUT2D eigenvalue weighted by Gasteiger charge is -2.19. The minimum Gasteiger partial charge on any atom is -0.486 e. The van der Waals surface area contributed by atoms with Crippen LogP contribution in [0, 0.1) is 0 Å². The van der Waals surface area contributed by atoms with E-state index < -0.39 is 0 Å². The van der Waals surface area contributed by atoms with Crippen molar-refractivity contribution in [1.82, 2.24) is 0 Å². The van der Waals surface area contributed by atoms with Crippen LogP contribution in [0.5, 0.6) is 11.5 Å². The normalized spacial score (nSPS) is 12.6. The van der Waals surface area contributed by atoms with Gasteiger partial charge in [-0.1, -0.05) is 17.7 Å². The summed E-state index contributed by atoms with van der Waals surface area (Å²) in [5.41, 5.74) is 1.46. The Morgan fingerprint density at radius 1 is 1.05 bits per heavy atom. The monoisotopic (exact) mass is 318 g/mol. The number of hydrogen-bond donors (Lipinski definition) is 2. The Bertz CT molecular complexity index is 691. The summed E-state index contributed by atoms with van der Waals surface area (Å²) >= 11 is 5.89. The fourth-order valence-electron chi connectivity index (χ4n) is 2.11. The molecule has 0 fully saturated rings. The lowest BCUT2D eigenvalue weighted by atomic mass is 10.2. The zero-order chi connectivity index (χ0) is 15.4. The van der Waals surface area contributed by atoms with Crippen LogP contribution in [-0.2, 0) is 4.79 Å². The van der Waals surface area contributed by atoms with E-state index in [0.717, 1.165) is 5.69 Å². The molecule has 0 aromatic heterocycles. The van der Waals surface area contributed by atoms with Crippen molar-refractivity contribution >= 4 is 28.9 Å². The van der Waals surface area contributed by atoms with Gasteiger partial charge in [0.2, 0.25) is 5.91 Å². The van der Waals surface area contributed by atoms with Crippen molar-refractivity contribution in [3.8, 4) is 11.5 Å². The molecule has 0 saturated heterocycles. The Hall–Kier alpha value is -2.40. The summed E-state index contributed by atoms with van der Waals surface area (Å²) in [6.45, 7) is 1.21. The Morgan fingerprint density at radius 2 is 1.86 bits per heavy atom. The number of nitrogens with one attached hydrogen (secondary N) is 2. The van der Waals surface area contributed by atoms with Crippen LogP contribution < -0.4 is 20.1 Å². The van der Waals surface area contributed by atoms with Gasteiger partial charge in [-0.3, -0.25) is 4.79 Å². The van der Waals surface area contributed by atoms with Crippen molar-refractivity contribution < 1.29 is 14.3 Å². The second-order valence-corrected chi connectivity index (χ2v) is 5.21. The number of amides is 1. The first-order valence-electron chi connectivity index (χ1n) is 6.90. The van der Waals surface area contributed by atoms with Crippen LogP contribution in [0.1, 0.15) is 0 Å². The van der Waals surface area contributed by atoms with Crippen LogP contribution in [0.3, 0.4) is 0 Å². The number of hydrogen-bond acceptors (Lipinski definition) is 4. The van der Waals surface area contributed by atoms with E-state index in [4.69, 9.17) is 21.1 Å². The molecule has 1 heterocycles. The van der Waals surface area contributed by atoms with E-state index >= 15 is 0 Å². The topological polar surface area (TPSA) is 59.6 Å². The Balaban J connectivity index is 1.57. The number of fused-ring (bicyclic) bond motifs is 1.